The van der Waals surface area contributed by atoms with Crippen molar-refractivity contribution in [1.82, 2.24) is 10.2 Å². The van der Waals surface area contributed by atoms with Gasteiger partial charge in [0, 0.05) is 28.7 Å². The summed E-state index contributed by atoms with van der Waals surface area (Å²) in [6.45, 7) is 3.42. The number of ether oxygens (including phenoxy) is 1. The molecule has 8 nitrogen and oxygen atoms in total. The first-order valence-electron chi connectivity index (χ1n) is 11.1. The van der Waals surface area contributed by atoms with Gasteiger partial charge < -0.3 is 15.0 Å². The molecule has 2 amide bonds. The molecule has 0 aliphatic heterocycles. The molecule has 35 heavy (non-hydrogen) atoms. The number of carbonyl (C=O) groups excluding carboxylic acids is 2. The van der Waals surface area contributed by atoms with E-state index in [2.05, 4.69) is 5.32 Å². The lowest BCUT2D eigenvalue weighted by Crippen LogP contribution is -2.51. The monoisotopic (exact) mass is 543 g/mol. The number of unbranched alkanes of at least 4 members (excludes halogenated alkanes) is 1. The van der Waals surface area contributed by atoms with Crippen molar-refractivity contribution in [3.63, 3.8) is 0 Å². The predicted octanol–water partition coefficient (Wildman–Crippen LogP) is 4.10. The van der Waals surface area contributed by atoms with Crippen LogP contribution in [0.5, 0.6) is 5.75 Å². The van der Waals surface area contributed by atoms with Crippen LogP contribution < -0.4 is 14.4 Å². The average Bonchev–Trinajstić information content (AvgIpc) is 2.81. The van der Waals surface area contributed by atoms with Gasteiger partial charge in [-0.25, -0.2) is 8.42 Å². The third-order valence-corrected chi connectivity index (χ3v) is 7.25. The third-order valence-electron chi connectivity index (χ3n) is 5.42. The van der Waals surface area contributed by atoms with E-state index in [4.69, 9.17) is 27.9 Å². The molecule has 1 atom stereocenters. The lowest BCUT2D eigenvalue weighted by molar-refractivity contribution is -0.139. The highest BCUT2D eigenvalue weighted by Gasteiger charge is 2.31. The van der Waals surface area contributed by atoms with E-state index < -0.39 is 28.5 Å². The SMILES string of the molecule is CCCCNC(=O)C(C)N(Cc1c(Cl)cccc1Cl)C(=O)CN(c1ccccc1OC)S(C)(=O)=O. The topological polar surface area (TPSA) is 96.0 Å². The fourth-order valence-corrected chi connectivity index (χ4v) is 4.77. The van der Waals surface area contributed by atoms with Gasteiger partial charge in [0.05, 0.1) is 19.1 Å². The fraction of sp³-hybridized carbons (Fsp3) is 0.417. The van der Waals surface area contributed by atoms with E-state index in [9.17, 15) is 18.0 Å². The summed E-state index contributed by atoms with van der Waals surface area (Å²) in [5.74, 6) is -0.676. The Hall–Kier alpha value is -2.49. The number of rotatable bonds is 12. The van der Waals surface area contributed by atoms with E-state index in [0.29, 0.717) is 22.2 Å². The van der Waals surface area contributed by atoms with E-state index in [-0.39, 0.29) is 23.9 Å². The number of carbonyl (C=O) groups is 2. The first kappa shape index (κ1) is 28.7. The van der Waals surface area contributed by atoms with E-state index in [1.54, 1.807) is 49.4 Å². The number of nitrogens with one attached hydrogen (secondary N) is 1. The zero-order valence-corrected chi connectivity index (χ0v) is 22.6. The Morgan fingerprint density at radius 1 is 1.09 bits per heavy atom. The standard InChI is InChI=1S/C24H31Cl2N3O5S/c1-5-6-14-27-24(31)17(2)28(15-18-19(25)10-9-11-20(18)26)23(30)16-29(35(4,32)33)21-12-7-8-13-22(21)34-3/h7-13,17H,5-6,14-16H2,1-4H3,(H,27,31). The molecular weight excluding hydrogens is 513 g/mol. The van der Waals surface area contributed by atoms with E-state index >= 15 is 0 Å². The van der Waals surface area contributed by atoms with Crippen molar-refractivity contribution in [3.8, 4) is 5.75 Å². The Bertz CT molecular complexity index is 1120. The van der Waals surface area contributed by atoms with Crippen LogP contribution in [0.25, 0.3) is 0 Å². The number of amides is 2. The molecule has 11 heteroatoms. The van der Waals surface area contributed by atoms with Crippen LogP contribution in [-0.4, -0.2) is 57.6 Å². The number of nitrogens with zero attached hydrogens (tertiary/aromatic N) is 2. The maximum absolute atomic E-state index is 13.6. The normalized spacial score (nSPS) is 12.1. The first-order valence-corrected chi connectivity index (χ1v) is 13.7. The molecule has 2 aromatic carbocycles. The second kappa shape index (κ2) is 13.0. The molecule has 192 valence electrons. The first-order chi connectivity index (χ1) is 16.5. The Morgan fingerprint density at radius 3 is 2.29 bits per heavy atom. The Labute approximate surface area is 217 Å². The van der Waals surface area contributed by atoms with Gasteiger partial charge in [-0.1, -0.05) is 54.7 Å². The molecule has 0 aromatic heterocycles. The molecule has 2 aromatic rings. The summed E-state index contributed by atoms with van der Waals surface area (Å²) < 4.78 is 31.6. The van der Waals surface area contributed by atoms with Crippen molar-refractivity contribution < 1.29 is 22.7 Å². The molecular formula is C24H31Cl2N3O5S. The maximum Gasteiger partial charge on any atom is 0.244 e. The van der Waals surface area contributed by atoms with Crippen LogP contribution in [-0.2, 0) is 26.2 Å². The van der Waals surface area contributed by atoms with Crippen LogP contribution in [0, 0.1) is 0 Å². The minimum absolute atomic E-state index is 0.0801. The predicted molar refractivity (Wildman–Crippen MR) is 140 cm³/mol. The number of para-hydroxylation sites is 2. The number of halogens is 2. The number of anilines is 1. The minimum Gasteiger partial charge on any atom is -0.495 e. The summed E-state index contributed by atoms with van der Waals surface area (Å²) in [6, 6.07) is 10.5. The fourth-order valence-electron chi connectivity index (χ4n) is 3.40. The number of methoxy groups -OCH3 is 1. The summed E-state index contributed by atoms with van der Waals surface area (Å²) in [5, 5.41) is 3.48. The number of sulfonamides is 1. The lowest BCUT2D eigenvalue weighted by atomic mass is 10.1. The summed E-state index contributed by atoms with van der Waals surface area (Å²) in [5.41, 5.74) is 0.669. The van der Waals surface area contributed by atoms with Crippen molar-refractivity contribution in [3.05, 3.63) is 58.1 Å². The molecule has 0 aliphatic rings. The minimum atomic E-state index is -3.88. The zero-order valence-electron chi connectivity index (χ0n) is 20.3. The second-order valence-corrected chi connectivity index (χ2v) is 10.7. The van der Waals surface area contributed by atoms with Gasteiger partial charge in [0.15, 0.2) is 0 Å². The number of hydrogen-bond acceptors (Lipinski definition) is 5. The molecule has 0 aliphatic carbocycles. The van der Waals surface area contributed by atoms with Gasteiger partial charge >= 0.3 is 0 Å². The smallest absolute Gasteiger partial charge is 0.244 e. The summed E-state index contributed by atoms with van der Waals surface area (Å²) in [6.07, 6.45) is 2.69. The summed E-state index contributed by atoms with van der Waals surface area (Å²) in [7, 11) is -2.47. The van der Waals surface area contributed by atoms with Crippen molar-refractivity contribution in [1.29, 1.82) is 0 Å². The Balaban J connectivity index is 2.45. The highest BCUT2D eigenvalue weighted by molar-refractivity contribution is 7.92. The third kappa shape index (κ3) is 7.75. The molecule has 0 heterocycles. The van der Waals surface area contributed by atoms with Gasteiger partial charge in [-0.15, -0.1) is 0 Å². The van der Waals surface area contributed by atoms with Gasteiger partial charge in [0.2, 0.25) is 21.8 Å². The van der Waals surface area contributed by atoms with Gasteiger partial charge in [-0.2, -0.15) is 0 Å². The van der Waals surface area contributed by atoms with Crippen molar-refractivity contribution in [2.75, 3.05) is 30.8 Å². The van der Waals surface area contributed by atoms with E-state index in [0.717, 1.165) is 23.4 Å². The Kier molecular flexibility index (Phi) is 10.7. The molecule has 0 fully saturated rings. The zero-order chi connectivity index (χ0) is 26.2. The molecule has 2 rings (SSSR count). The maximum atomic E-state index is 13.6. The van der Waals surface area contributed by atoms with Crippen LogP contribution in [0.4, 0.5) is 5.69 Å². The quantitative estimate of drug-likeness (QED) is 0.406. The lowest BCUT2D eigenvalue weighted by Gasteiger charge is -2.32. The largest absolute Gasteiger partial charge is 0.495 e. The van der Waals surface area contributed by atoms with Crippen molar-refractivity contribution >= 4 is 50.7 Å². The number of benzene rings is 2. The summed E-state index contributed by atoms with van der Waals surface area (Å²) in [4.78, 5) is 27.7. The van der Waals surface area contributed by atoms with Crippen LogP contribution in [0.2, 0.25) is 10.0 Å². The van der Waals surface area contributed by atoms with Gasteiger partial charge in [0.25, 0.3) is 0 Å². The van der Waals surface area contributed by atoms with Crippen molar-refractivity contribution in [2.45, 2.75) is 39.3 Å². The van der Waals surface area contributed by atoms with Gasteiger partial charge in [-0.05, 0) is 37.6 Å². The second-order valence-electron chi connectivity index (χ2n) is 7.98. The van der Waals surface area contributed by atoms with Crippen LogP contribution in [0.3, 0.4) is 0 Å². The molecule has 0 spiro atoms. The molecule has 1 N–H and O–H groups in total. The van der Waals surface area contributed by atoms with Crippen LogP contribution in [0.15, 0.2) is 42.5 Å². The Morgan fingerprint density at radius 2 is 1.71 bits per heavy atom. The highest BCUT2D eigenvalue weighted by atomic mass is 35.5. The highest BCUT2D eigenvalue weighted by Crippen LogP contribution is 2.30. The molecule has 0 saturated carbocycles. The van der Waals surface area contributed by atoms with Gasteiger partial charge in [0.1, 0.15) is 18.3 Å². The molecule has 1 unspecified atom stereocenters. The van der Waals surface area contributed by atoms with Crippen LogP contribution in [0.1, 0.15) is 32.3 Å². The van der Waals surface area contributed by atoms with E-state index in [1.165, 1.54) is 12.0 Å². The number of hydrogen-bond donors (Lipinski definition) is 1. The molecule has 0 bridgehead atoms. The summed E-state index contributed by atoms with van der Waals surface area (Å²) >= 11 is 12.7. The van der Waals surface area contributed by atoms with Crippen LogP contribution >= 0.6 is 23.2 Å². The van der Waals surface area contributed by atoms with Gasteiger partial charge in [-0.3, -0.25) is 13.9 Å². The average molecular weight is 545 g/mol. The van der Waals surface area contributed by atoms with E-state index in [1.807, 2.05) is 6.92 Å². The molecule has 0 radical (unpaired) electrons. The molecule has 0 saturated heterocycles. The van der Waals surface area contributed by atoms with Crippen molar-refractivity contribution in [2.24, 2.45) is 0 Å².